The van der Waals surface area contributed by atoms with Crippen molar-refractivity contribution < 1.29 is 14.3 Å². The molecule has 1 aliphatic heterocycles. The zero-order valence-electron chi connectivity index (χ0n) is 9.82. The van der Waals surface area contributed by atoms with Gasteiger partial charge in [0.2, 0.25) is 0 Å². The summed E-state index contributed by atoms with van der Waals surface area (Å²) in [4.78, 5) is 13.9. The van der Waals surface area contributed by atoms with Crippen molar-refractivity contribution in [2.24, 2.45) is 5.92 Å². The number of hydrogen-bond acceptors (Lipinski definition) is 4. The molecule has 0 amide bonds. The predicted molar refractivity (Wildman–Crippen MR) is 59.9 cm³/mol. The number of hydrogen-bond donors (Lipinski definition) is 0. The maximum Gasteiger partial charge on any atom is 0.310 e. The van der Waals surface area contributed by atoms with Gasteiger partial charge in [0.15, 0.2) is 0 Å². The molecule has 0 bridgehead atoms. The summed E-state index contributed by atoms with van der Waals surface area (Å²) in [6, 6.07) is 0. The third-order valence-electron chi connectivity index (χ3n) is 3.43. The molecule has 16 heavy (non-hydrogen) atoms. The number of ether oxygens (including phenoxy) is 2. The monoisotopic (exact) mass is 227 g/mol. The molecule has 0 radical (unpaired) electrons. The van der Waals surface area contributed by atoms with E-state index in [9.17, 15) is 4.79 Å². The summed E-state index contributed by atoms with van der Waals surface area (Å²) in [5.74, 6) is 0.168. The Labute approximate surface area is 96.9 Å². The molecule has 4 heteroatoms. The van der Waals surface area contributed by atoms with E-state index >= 15 is 0 Å². The zero-order valence-corrected chi connectivity index (χ0v) is 9.82. The minimum absolute atomic E-state index is 0.00573. The van der Waals surface area contributed by atoms with E-state index in [1.54, 1.807) is 0 Å². The quantitative estimate of drug-likeness (QED) is 0.683. The normalized spacial score (nSPS) is 24.2. The van der Waals surface area contributed by atoms with Crippen LogP contribution in [-0.2, 0) is 14.3 Å². The predicted octanol–water partition coefficient (Wildman–Crippen LogP) is 1.40. The third kappa shape index (κ3) is 3.46. The molecular weight excluding hydrogens is 206 g/mol. The van der Waals surface area contributed by atoms with Crippen LogP contribution in [0.25, 0.3) is 0 Å². The molecule has 1 aliphatic carbocycles. The van der Waals surface area contributed by atoms with E-state index in [0.29, 0.717) is 6.73 Å². The number of nitrogens with zero attached hydrogens (tertiary/aromatic N) is 1. The summed E-state index contributed by atoms with van der Waals surface area (Å²) in [6.45, 7) is 3.69. The van der Waals surface area contributed by atoms with Gasteiger partial charge in [0.05, 0.1) is 19.1 Å². The van der Waals surface area contributed by atoms with E-state index in [2.05, 4.69) is 4.90 Å². The fourth-order valence-electron chi connectivity index (χ4n) is 2.34. The second-order valence-electron chi connectivity index (χ2n) is 4.66. The Balaban J connectivity index is 1.65. The van der Waals surface area contributed by atoms with E-state index in [4.69, 9.17) is 9.47 Å². The second-order valence-corrected chi connectivity index (χ2v) is 4.66. The van der Waals surface area contributed by atoms with Gasteiger partial charge in [-0.05, 0) is 12.8 Å². The fraction of sp³-hybridized carbons (Fsp3) is 0.917. The lowest BCUT2D eigenvalue weighted by Crippen LogP contribution is -2.39. The minimum Gasteiger partial charge on any atom is -0.449 e. The van der Waals surface area contributed by atoms with Crippen molar-refractivity contribution in [3.8, 4) is 0 Å². The number of rotatable bonds is 3. The SMILES string of the molecule is O=C(OCN1CCOCC1)C1CCCCC1. The largest absolute Gasteiger partial charge is 0.449 e. The van der Waals surface area contributed by atoms with Gasteiger partial charge in [0.25, 0.3) is 0 Å². The molecular formula is C12H21NO3. The molecule has 0 aromatic heterocycles. The van der Waals surface area contributed by atoms with Gasteiger partial charge in [0.1, 0.15) is 6.73 Å². The first kappa shape index (κ1) is 11.9. The highest BCUT2D eigenvalue weighted by Crippen LogP contribution is 2.24. The number of morpholine rings is 1. The summed E-state index contributed by atoms with van der Waals surface area (Å²) in [5.41, 5.74) is 0. The molecule has 1 saturated carbocycles. The molecule has 4 nitrogen and oxygen atoms in total. The highest BCUT2D eigenvalue weighted by atomic mass is 16.5. The number of carbonyl (C=O) groups is 1. The van der Waals surface area contributed by atoms with Crippen molar-refractivity contribution in [2.75, 3.05) is 33.0 Å². The van der Waals surface area contributed by atoms with Crippen molar-refractivity contribution in [1.82, 2.24) is 4.90 Å². The van der Waals surface area contributed by atoms with Crippen molar-refractivity contribution >= 4 is 5.97 Å². The average Bonchev–Trinajstić information content (AvgIpc) is 2.38. The highest BCUT2D eigenvalue weighted by Gasteiger charge is 2.23. The topological polar surface area (TPSA) is 38.8 Å². The van der Waals surface area contributed by atoms with Crippen LogP contribution in [0.2, 0.25) is 0 Å². The molecule has 0 aromatic rings. The number of carbonyl (C=O) groups excluding carboxylic acids is 1. The van der Waals surface area contributed by atoms with Crippen LogP contribution < -0.4 is 0 Å². The van der Waals surface area contributed by atoms with Crippen LogP contribution in [0.1, 0.15) is 32.1 Å². The van der Waals surface area contributed by atoms with Crippen LogP contribution in [0.5, 0.6) is 0 Å². The van der Waals surface area contributed by atoms with E-state index in [-0.39, 0.29) is 11.9 Å². The van der Waals surface area contributed by atoms with Crippen LogP contribution in [0.3, 0.4) is 0 Å². The molecule has 92 valence electrons. The van der Waals surface area contributed by atoms with E-state index in [0.717, 1.165) is 39.1 Å². The minimum atomic E-state index is 0.00573. The van der Waals surface area contributed by atoms with Gasteiger partial charge in [-0.2, -0.15) is 0 Å². The van der Waals surface area contributed by atoms with Gasteiger partial charge in [-0.1, -0.05) is 19.3 Å². The van der Waals surface area contributed by atoms with E-state index < -0.39 is 0 Å². The smallest absolute Gasteiger partial charge is 0.310 e. The lowest BCUT2D eigenvalue weighted by atomic mass is 9.89. The average molecular weight is 227 g/mol. The molecule has 2 rings (SSSR count). The Morgan fingerprint density at radius 2 is 1.88 bits per heavy atom. The van der Waals surface area contributed by atoms with E-state index in [1.165, 1.54) is 19.3 Å². The number of esters is 1. The maximum atomic E-state index is 11.8. The lowest BCUT2D eigenvalue weighted by molar-refractivity contribution is -0.156. The molecule has 2 fully saturated rings. The Morgan fingerprint density at radius 1 is 1.19 bits per heavy atom. The first-order chi connectivity index (χ1) is 7.86. The fourth-order valence-corrected chi connectivity index (χ4v) is 2.34. The van der Waals surface area contributed by atoms with Crippen LogP contribution in [0.15, 0.2) is 0 Å². The van der Waals surface area contributed by atoms with E-state index in [1.807, 2.05) is 0 Å². The zero-order chi connectivity index (χ0) is 11.2. The molecule has 0 N–H and O–H groups in total. The van der Waals surface area contributed by atoms with Gasteiger partial charge >= 0.3 is 5.97 Å². The highest BCUT2D eigenvalue weighted by molar-refractivity contribution is 5.72. The van der Waals surface area contributed by atoms with Crippen molar-refractivity contribution in [3.63, 3.8) is 0 Å². The molecule has 1 heterocycles. The Hall–Kier alpha value is -0.610. The molecule has 0 aromatic carbocycles. The molecule has 0 spiro atoms. The van der Waals surface area contributed by atoms with Crippen LogP contribution in [0.4, 0.5) is 0 Å². The van der Waals surface area contributed by atoms with Gasteiger partial charge < -0.3 is 9.47 Å². The standard InChI is InChI=1S/C12H21NO3/c14-12(11-4-2-1-3-5-11)16-10-13-6-8-15-9-7-13/h11H,1-10H2. The molecule has 0 atom stereocenters. The summed E-state index contributed by atoms with van der Waals surface area (Å²) in [7, 11) is 0. The van der Waals surface area contributed by atoms with Crippen molar-refractivity contribution in [2.45, 2.75) is 32.1 Å². The van der Waals surface area contributed by atoms with Gasteiger partial charge in [0, 0.05) is 13.1 Å². The van der Waals surface area contributed by atoms with Gasteiger partial charge in [-0.3, -0.25) is 9.69 Å². The summed E-state index contributed by atoms with van der Waals surface area (Å²) in [5, 5.41) is 0. The first-order valence-corrected chi connectivity index (χ1v) is 6.33. The Bertz CT molecular complexity index is 220. The Kier molecular flexibility index (Phi) is 4.60. The maximum absolute atomic E-state index is 11.8. The van der Waals surface area contributed by atoms with Crippen LogP contribution >= 0.6 is 0 Å². The third-order valence-corrected chi connectivity index (χ3v) is 3.43. The van der Waals surface area contributed by atoms with Crippen LogP contribution in [-0.4, -0.2) is 43.9 Å². The van der Waals surface area contributed by atoms with Crippen LogP contribution in [0, 0.1) is 5.92 Å². The Morgan fingerprint density at radius 3 is 2.56 bits per heavy atom. The molecule has 2 aliphatic rings. The summed E-state index contributed by atoms with van der Waals surface area (Å²) >= 11 is 0. The summed E-state index contributed by atoms with van der Waals surface area (Å²) in [6.07, 6.45) is 5.66. The molecule has 0 unspecified atom stereocenters. The first-order valence-electron chi connectivity index (χ1n) is 6.33. The molecule has 1 saturated heterocycles. The van der Waals surface area contributed by atoms with Crippen molar-refractivity contribution in [3.05, 3.63) is 0 Å². The summed E-state index contributed by atoms with van der Waals surface area (Å²) < 4.78 is 10.6. The second kappa shape index (κ2) is 6.21. The van der Waals surface area contributed by atoms with Crippen molar-refractivity contribution in [1.29, 1.82) is 0 Å². The lowest BCUT2D eigenvalue weighted by Gasteiger charge is -2.27. The van der Waals surface area contributed by atoms with Gasteiger partial charge in [-0.25, -0.2) is 0 Å². The van der Waals surface area contributed by atoms with Gasteiger partial charge in [-0.15, -0.1) is 0 Å².